The highest BCUT2D eigenvalue weighted by atomic mass is 35.5. The Kier molecular flexibility index (Phi) is 3.87. The lowest BCUT2D eigenvalue weighted by atomic mass is 9.94. The summed E-state index contributed by atoms with van der Waals surface area (Å²) < 4.78 is 0. The van der Waals surface area contributed by atoms with E-state index < -0.39 is 5.60 Å². The minimum Gasteiger partial charge on any atom is -0.409 e. The average molecular weight is 284 g/mol. The van der Waals surface area contributed by atoms with Crippen molar-refractivity contribution in [3.05, 3.63) is 28.8 Å². The summed E-state index contributed by atoms with van der Waals surface area (Å²) in [6.07, 6.45) is 1.65. The first-order valence-electron chi connectivity index (χ1n) is 6.18. The predicted octanol–water partition coefficient (Wildman–Crippen LogP) is 1.79. The fraction of sp³-hybridized carbons (Fsp3) is 0.462. The van der Waals surface area contributed by atoms with Crippen LogP contribution in [0, 0.1) is 0 Å². The number of hydrogen-bond acceptors (Lipinski definition) is 4. The molecule has 1 heterocycles. The molecule has 1 aliphatic heterocycles. The van der Waals surface area contributed by atoms with Gasteiger partial charge in [0.15, 0.2) is 5.84 Å². The van der Waals surface area contributed by atoms with Crippen molar-refractivity contribution in [1.29, 1.82) is 0 Å². The Hall–Kier alpha value is -1.46. The van der Waals surface area contributed by atoms with Crippen LogP contribution in [0.3, 0.4) is 0 Å². The number of hydrogen-bond donors (Lipinski definition) is 3. The van der Waals surface area contributed by atoms with Crippen molar-refractivity contribution in [3.8, 4) is 0 Å². The highest BCUT2D eigenvalue weighted by Gasteiger charge is 2.29. The Bertz CT molecular complexity index is 503. The van der Waals surface area contributed by atoms with E-state index in [1.54, 1.807) is 18.2 Å². The largest absolute Gasteiger partial charge is 0.409 e. The van der Waals surface area contributed by atoms with Crippen LogP contribution in [0.15, 0.2) is 23.4 Å². The Labute approximate surface area is 117 Å². The van der Waals surface area contributed by atoms with Crippen LogP contribution in [-0.4, -0.2) is 34.8 Å². The molecule has 4 N–H and O–H groups in total. The number of aliphatic hydroxyl groups is 1. The first-order chi connectivity index (χ1) is 8.93. The molecule has 1 fully saturated rings. The van der Waals surface area contributed by atoms with Crippen LogP contribution in [0.1, 0.15) is 25.3 Å². The summed E-state index contributed by atoms with van der Waals surface area (Å²) in [7, 11) is 0. The molecule has 0 aromatic heterocycles. The number of nitrogens with zero attached hydrogens (tertiary/aromatic N) is 2. The van der Waals surface area contributed by atoms with Gasteiger partial charge >= 0.3 is 0 Å². The van der Waals surface area contributed by atoms with E-state index in [0.29, 0.717) is 17.1 Å². The third-order valence-electron chi connectivity index (χ3n) is 3.36. The minimum absolute atomic E-state index is 0.0388. The number of benzene rings is 1. The highest BCUT2D eigenvalue weighted by molar-refractivity contribution is 6.31. The predicted molar refractivity (Wildman–Crippen MR) is 76.0 cm³/mol. The van der Waals surface area contributed by atoms with Crippen LogP contribution in [0.25, 0.3) is 0 Å². The molecule has 0 aliphatic carbocycles. The quantitative estimate of drug-likeness (QED) is 0.334. The molecule has 0 amide bonds. The smallest absolute Gasteiger partial charge is 0.172 e. The van der Waals surface area contributed by atoms with Crippen LogP contribution in [0.4, 0.5) is 5.69 Å². The molecule has 1 atom stereocenters. The Morgan fingerprint density at radius 3 is 2.89 bits per heavy atom. The molecule has 2 rings (SSSR count). The monoisotopic (exact) mass is 283 g/mol. The molecule has 0 radical (unpaired) electrons. The van der Waals surface area contributed by atoms with Gasteiger partial charge in [0.2, 0.25) is 0 Å². The van der Waals surface area contributed by atoms with Crippen molar-refractivity contribution in [2.75, 3.05) is 18.0 Å². The summed E-state index contributed by atoms with van der Waals surface area (Å²) in [5, 5.41) is 22.6. The summed E-state index contributed by atoms with van der Waals surface area (Å²) in [5.74, 6) is 0.0388. The molecule has 0 bridgehead atoms. The van der Waals surface area contributed by atoms with Gasteiger partial charge in [0.25, 0.3) is 0 Å². The van der Waals surface area contributed by atoms with Gasteiger partial charge in [-0.15, -0.1) is 0 Å². The number of anilines is 1. The number of oxime groups is 1. The molecular weight excluding hydrogens is 266 g/mol. The third kappa shape index (κ3) is 3.11. The minimum atomic E-state index is -0.733. The van der Waals surface area contributed by atoms with Gasteiger partial charge in [-0.3, -0.25) is 0 Å². The summed E-state index contributed by atoms with van der Waals surface area (Å²) in [6, 6.07) is 5.19. The van der Waals surface area contributed by atoms with Crippen molar-refractivity contribution in [2.45, 2.75) is 25.4 Å². The molecule has 5 nitrogen and oxygen atoms in total. The van der Waals surface area contributed by atoms with Crippen LogP contribution >= 0.6 is 11.6 Å². The van der Waals surface area contributed by atoms with Crippen LogP contribution in [0.2, 0.25) is 5.02 Å². The summed E-state index contributed by atoms with van der Waals surface area (Å²) >= 11 is 6.02. The second-order valence-corrected chi connectivity index (χ2v) is 5.61. The van der Waals surface area contributed by atoms with Crippen molar-refractivity contribution < 1.29 is 10.3 Å². The molecule has 6 heteroatoms. The second kappa shape index (κ2) is 5.27. The Balaban J connectivity index is 2.40. The van der Waals surface area contributed by atoms with E-state index in [2.05, 4.69) is 5.16 Å². The van der Waals surface area contributed by atoms with E-state index in [0.717, 1.165) is 25.1 Å². The average Bonchev–Trinajstić information content (AvgIpc) is 2.36. The summed E-state index contributed by atoms with van der Waals surface area (Å²) in [5.41, 5.74) is 6.35. The number of rotatable bonds is 2. The molecule has 1 unspecified atom stereocenters. The summed E-state index contributed by atoms with van der Waals surface area (Å²) in [4.78, 5) is 2.02. The standard InChI is InChI=1S/C13H18ClN3O2/c1-13(18)5-2-6-17(8-13)11-7-9(14)3-4-10(11)12(15)16-19/h3-4,7,18-19H,2,5-6,8H2,1H3,(H2,15,16). The van der Waals surface area contributed by atoms with Crippen LogP contribution in [0.5, 0.6) is 0 Å². The van der Waals surface area contributed by atoms with Crippen LogP contribution < -0.4 is 10.6 Å². The van der Waals surface area contributed by atoms with E-state index in [-0.39, 0.29) is 5.84 Å². The summed E-state index contributed by atoms with van der Waals surface area (Å²) in [6.45, 7) is 3.12. The van der Waals surface area contributed by atoms with Gasteiger partial charge in [0, 0.05) is 29.4 Å². The third-order valence-corrected chi connectivity index (χ3v) is 3.59. The van der Waals surface area contributed by atoms with Gasteiger partial charge in [-0.05, 0) is 38.0 Å². The second-order valence-electron chi connectivity index (χ2n) is 5.17. The zero-order valence-electron chi connectivity index (χ0n) is 10.8. The number of halogens is 1. The molecule has 1 aromatic rings. The number of β-amino-alcohol motifs (C(OH)–C–C–N with tert-alkyl or cyclic N) is 1. The van der Waals surface area contributed by atoms with Crippen molar-refractivity contribution >= 4 is 23.1 Å². The van der Waals surface area contributed by atoms with Gasteiger partial charge < -0.3 is 20.9 Å². The van der Waals surface area contributed by atoms with Crippen molar-refractivity contribution in [3.63, 3.8) is 0 Å². The van der Waals surface area contributed by atoms with Gasteiger partial charge in [0.05, 0.1) is 5.60 Å². The normalized spacial score (nSPS) is 24.6. The van der Waals surface area contributed by atoms with Gasteiger partial charge in [-0.2, -0.15) is 0 Å². The van der Waals surface area contributed by atoms with E-state index in [4.69, 9.17) is 22.5 Å². The molecule has 0 saturated carbocycles. The first-order valence-corrected chi connectivity index (χ1v) is 6.55. The van der Waals surface area contributed by atoms with Crippen LogP contribution in [-0.2, 0) is 0 Å². The van der Waals surface area contributed by atoms with E-state index >= 15 is 0 Å². The number of amidine groups is 1. The lowest BCUT2D eigenvalue weighted by molar-refractivity contribution is 0.0449. The first kappa shape index (κ1) is 14.0. The van der Waals surface area contributed by atoms with E-state index in [1.165, 1.54) is 0 Å². The lowest BCUT2D eigenvalue weighted by Crippen LogP contribution is -2.46. The Morgan fingerprint density at radius 1 is 1.53 bits per heavy atom. The number of piperidine rings is 1. The van der Waals surface area contributed by atoms with E-state index in [9.17, 15) is 5.11 Å². The molecule has 1 aliphatic rings. The maximum atomic E-state index is 10.2. The fourth-order valence-corrected chi connectivity index (χ4v) is 2.63. The topological polar surface area (TPSA) is 82.1 Å². The molecule has 1 aromatic carbocycles. The Morgan fingerprint density at radius 2 is 2.26 bits per heavy atom. The van der Waals surface area contributed by atoms with E-state index in [1.807, 2.05) is 11.8 Å². The highest BCUT2D eigenvalue weighted by Crippen LogP contribution is 2.30. The maximum absolute atomic E-state index is 10.2. The molecular formula is C13H18ClN3O2. The molecule has 1 saturated heterocycles. The van der Waals surface area contributed by atoms with Gasteiger partial charge in [-0.25, -0.2) is 0 Å². The maximum Gasteiger partial charge on any atom is 0.172 e. The van der Waals surface area contributed by atoms with Gasteiger partial charge in [0.1, 0.15) is 0 Å². The van der Waals surface area contributed by atoms with Crippen molar-refractivity contribution in [2.24, 2.45) is 10.9 Å². The van der Waals surface area contributed by atoms with Crippen molar-refractivity contribution in [1.82, 2.24) is 0 Å². The number of nitrogens with two attached hydrogens (primary N) is 1. The zero-order valence-corrected chi connectivity index (χ0v) is 11.6. The fourth-order valence-electron chi connectivity index (χ4n) is 2.46. The lowest BCUT2D eigenvalue weighted by Gasteiger charge is -2.39. The molecule has 0 spiro atoms. The van der Waals surface area contributed by atoms with Gasteiger partial charge in [-0.1, -0.05) is 16.8 Å². The zero-order chi connectivity index (χ0) is 14.0. The molecule has 104 valence electrons. The molecule has 19 heavy (non-hydrogen) atoms. The SMILES string of the molecule is CC1(O)CCCN(c2cc(Cl)ccc2/C(N)=N/O)C1.